The van der Waals surface area contributed by atoms with Gasteiger partial charge in [0.25, 0.3) is 5.91 Å². The minimum absolute atomic E-state index is 0.0194. The maximum atomic E-state index is 12.9. The molecule has 0 saturated carbocycles. The Labute approximate surface area is 129 Å². The van der Waals surface area contributed by atoms with Crippen LogP contribution in [0, 0.1) is 11.7 Å². The number of hydrogen-bond acceptors (Lipinski definition) is 3. The van der Waals surface area contributed by atoms with E-state index < -0.39 is 0 Å². The summed E-state index contributed by atoms with van der Waals surface area (Å²) in [5, 5.41) is 2.83. The van der Waals surface area contributed by atoms with Crippen LogP contribution in [0.4, 0.5) is 4.39 Å². The van der Waals surface area contributed by atoms with Gasteiger partial charge in [0.1, 0.15) is 5.82 Å². The Balaban J connectivity index is 1.82. The third-order valence-electron chi connectivity index (χ3n) is 3.85. The van der Waals surface area contributed by atoms with E-state index in [0.717, 1.165) is 0 Å². The summed E-state index contributed by atoms with van der Waals surface area (Å²) in [6, 6.07) is 5.54. The minimum atomic E-state index is -0.358. The molecule has 0 unspecified atom stereocenters. The molecule has 1 aromatic rings. The quantitative estimate of drug-likeness (QED) is 0.838. The zero-order valence-corrected chi connectivity index (χ0v) is 12.7. The van der Waals surface area contributed by atoms with E-state index in [4.69, 9.17) is 4.74 Å². The van der Waals surface area contributed by atoms with Crippen molar-refractivity contribution in [1.29, 1.82) is 0 Å². The van der Waals surface area contributed by atoms with Gasteiger partial charge < -0.3 is 15.0 Å². The number of hydrogen-bond donors (Lipinski definition) is 1. The summed E-state index contributed by atoms with van der Waals surface area (Å²) in [5.74, 6) is -0.513. The lowest BCUT2D eigenvalue weighted by Gasteiger charge is -2.31. The fourth-order valence-electron chi connectivity index (χ4n) is 2.54. The predicted octanol–water partition coefficient (Wildman–Crippen LogP) is 1.44. The normalized spacial score (nSPS) is 15.6. The highest BCUT2D eigenvalue weighted by molar-refractivity contribution is 5.94. The third-order valence-corrected chi connectivity index (χ3v) is 3.85. The van der Waals surface area contributed by atoms with Crippen LogP contribution in [0.2, 0.25) is 0 Å². The molecule has 22 heavy (non-hydrogen) atoms. The van der Waals surface area contributed by atoms with Crippen molar-refractivity contribution in [3.8, 4) is 0 Å². The number of nitrogens with zero attached hydrogens (tertiary/aromatic N) is 1. The van der Waals surface area contributed by atoms with Crippen molar-refractivity contribution in [3.63, 3.8) is 0 Å². The first-order valence-electron chi connectivity index (χ1n) is 7.43. The van der Waals surface area contributed by atoms with Gasteiger partial charge in [0.05, 0.1) is 6.61 Å². The van der Waals surface area contributed by atoms with Gasteiger partial charge in [-0.3, -0.25) is 9.59 Å². The molecule has 1 fully saturated rings. The molecule has 1 aliphatic rings. The number of methoxy groups -OCH3 is 1. The second-order valence-electron chi connectivity index (χ2n) is 5.36. The molecule has 1 heterocycles. The predicted molar refractivity (Wildman–Crippen MR) is 79.9 cm³/mol. The Bertz CT molecular complexity index is 511. The Hall–Kier alpha value is -1.95. The average molecular weight is 308 g/mol. The summed E-state index contributed by atoms with van der Waals surface area (Å²) in [6.07, 6.45) is 1.29. The summed E-state index contributed by atoms with van der Waals surface area (Å²) in [6.45, 7) is 2.08. The van der Waals surface area contributed by atoms with Gasteiger partial charge in [0.15, 0.2) is 0 Å². The number of halogens is 1. The lowest BCUT2D eigenvalue weighted by atomic mass is 9.95. The molecule has 0 bridgehead atoms. The molecule has 1 N–H and O–H groups in total. The van der Waals surface area contributed by atoms with Gasteiger partial charge in [-0.15, -0.1) is 0 Å². The number of amides is 2. The van der Waals surface area contributed by atoms with E-state index in [1.807, 2.05) is 0 Å². The Kier molecular flexibility index (Phi) is 5.89. The minimum Gasteiger partial charge on any atom is -0.383 e. The lowest BCUT2D eigenvalue weighted by molar-refractivity contribution is -0.126. The zero-order valence-electron chi connectivity index (χ0n) is 12.7. The largest absolute Gasteiger partial charge is 0.383 e. The van der Waals surface area contributed by atoms with Crippen molar-refractivity contribution in [2.45, 2.75) is 12.8 Å². The van der Waals surface area contributed by atoms with Gasteiger partial charge in [-0.05, 0) is 37.1 Å². The van der Waals surface area contributed by atoms with E-state index in [2.05, 4.69) is 5.32 Å². The van der Waals surface area contributed by atoms with Crippen LogP contribution in [0.1, 0.15) is 23.2 Å². The Morgan fingerprint density at radius 3 is 2.50 bits per heavy atom. The number of benzene rings is 1. The van der Waals surface area contributed by atoms with Crippen molar-refractivity contribution in [2.75, 3.05) is 33.4 Å². The number of carbonyl (C=O) groups is 2. The second-order valence-corrected chi connectivity index (χ2v) is 5.36. The Morgan fingerprint density at radius 1 is 1.27 bits per heavy atom. The van der Waals surface area contributed by atoms with E-state index in [0.29, 0.717) is 44.6 Å². The van der Waals surface area contributed by atoms with Gasteiger partial charge in [-0.2, -0.15) is 0 Å². The van der Waals surface area contributed by atoms with Gasteiger partial charge in [-0.1, -0.05) is 0 Å². The highest BCUT2D eigenvalue weighted by atomic mass is 19.1. The van der Waals surface area contributed by atoms with Gasteiger partial charge >= 0.3 is 0 Å². The smallest absolute Gasteiger partial charge is 0.253 e. The Morgan fingerprint density at radius 2 is 1.91 bits per heavy atom. The van der Waals surface area contributed by atoms with Crippen molar-refractivity contribution < 1.29 is 18.7 Å². The molecule has 0 aromatic heterocycles. The summed E-state index contributed by atoms with van der Waals surface area (Å²) in [4.78, 5) is 25.9. The van der Waals surface area contributed by atoms with Crippen LogP contribution >= 0.6 is 0 Å². The number of likely N-dealkylation sites (tertiary alicyclic amines) is 1. The fraction of sp³-hybridized carbons (Fsp3) is 0.500. The van der Waals surface area contributed by atoms with Crippen molar-refractivity contribution in [1.82, 2.24) is 10.2 Å². The average Bonchev–Trinajstić information content (AvgIpc) is 2.55. The van der Waals surface area contributed by atoms with Gasteiger partial charge in [-0.25, -0.2) is 4.39 Å². The molecule has 0 atom stereocenters. The van der Waals surface area contributed by atoms with Crippen LogP contribution in [0.15, 0.2) is 24.3 Å². The molecule has 6 heteroatoms. The first-order chi connectivity index (χ1) is 10.6. The van der Waals surface area contributed by atoms with E-state index in [-0.39, 0.29) is 23.5 Å². The van der Waals surface area contributed by atoms with E-state index in [1.54, 1.807) is 12.0 Å². The van der Waals surface area contributed by atoms with Crippen LogP contribution in [0.25, 0.3) is 0 Å². The van der Waals surface area contributed by atoms with E-state index in [1.165, 1.54) is 24.3 Å². The second kappa shape index (κ2) is 7.89. The molecule has 1 saturated heterocycles. The fourth-order valence-corrected chi connectivity index (χ4v) is 2.54. The molecule has 1 aliphatic heterocycles. The van der Waals surface area contributed by atoms with Crippen LogP contribution in [-0.2, 0) is 9.53 Å². The molecule has 0 spiro atoms. The summed E-state index contributed by atoms with van der Waals surface area (Å²) >= 11 is 0. The SMILES string of the molecule is COCCNC(=O)C1CCN(C(=O)c2ccc(F)cc2)CC1. The number of piperidine rings is 1. The molecule has 2 amide bonds. The summed E-state index contributed by atoms with van der Waals surface area (Å²) < 4.78 is 17.8. The maximum Gasteiger partial charge on any atom is 0.253 e. The standard InChI is InChI=1S/C16H21FN2O3/c1-22-11-8-18-15(20)12-6-9-19(10-7-12)16(21)13-2-4-14(17)5-3-13/h2-5,12H,6-11H2,1H3,(H,18,20). The molecule has 1 aromatic carbocycles. The van der Waals surface area contributed by atoms with E-state index in [9.17, 15) is 14.0 Å². The number of rotatable bonds is 5. The summed E-state index contributed by atoms with van der Waals surface area (Å²) in [7, 11) is 1.59. The number of nitrogens with one attached hydrogen (secondary N) is 1. The lowest BCUT2D eigenvalue weighted by Crippen LogP contribution is -2.43. The highest BCUT2D eigenvalue weighted by Crippen LogP contribution is 2.19. The summed E-state index contributed by atoms with van der Waals surface area (Å²) in [5.41, 5.74) is 0.476. The van der Waals surface area contributed by atoms with Crippen LogP contribution in [-0.4, -0.2) is 50.1 Å². The van der Waals surface area contributed by atoms with Crippen molar-refractivity contribution >= 4 is 11.8 Å². The first-order valence-corrected chi connectivity index (χ1v) is 7.43. The van der Waals surface area contributed by atoms with Gasteiger partial charge in [0, 0.05) is 38.2 Å². The number of carbonyl (C=O) groups excluding carboxylic acids is 2. The first kappa shape index (κ1) is 16.4. The van der Waals surface area contributed by atoms with Crippen molar-refractivity contribution in [2.24, 2.45) is 5.92 Å². The van der Waals surface area contributed by atoms with Crippen LogP contribution in [0.3, 0.4) is 0 Å². The molecule has 5 nitrogen and oxygen atoms in total. The van der Waals surface area contributed by atoms with E-state index >= 15 is 0 Å². The van der Waals surface area contributed by atoms with Crippen LogP contribution in [0.5, 0.6) is 0 Å². The third kappa shape index (κ3) is 4.27. The molecule has 120 valence electrons. The molecule has 0 radical (unpaired) electrons. The van der Waals surface area contributed by atoms with Gasteiger partial charge in [0.2, 0.25) is 5.91 Å². The monoisotopic (exact) mass is 308 g/mol. The molecular formula is C16H21FN2O3. The highest BCUT2D eigenvalue weighted by Gasteiger charge is 2.27. The van der Waals surface area contributed by atoms with Crippen LogP contribution < -0.4 is 5.32 Å². The number of ether oxygens (including phenoxy) is 1. The molecule has 0 aliphatic carbocycles. The molecule has 2 rings (SSSR count). The topological polar surface area (TPSA) is 58.6 Å². The van der Waals surface area contributed by atoms with Crippen molar-refractivity contribution in [3.05, 3.63) is 35.6 Å². The maximum absolute atomic E-state index is 12.9. The zero-order chi connectivity index (χ0) is 15.9. The molecular weight excluding hydrogens is 287 g/mol.